The summed E-state index contributed by atoms with van der Waals surface area (Å²) in [5, 5.41) is -0.166. The number of para-hydroxylation sites is 1. The van der Waals surface area contributed by atoms with E-state index in [4.69, 9.17) is 0 Å². The number of ether oxygens (including phenoxy) is 1. The van der Waals surface area contributed by atoms with Crippen molar-refractivity contribution in [1.29, 1.82) is 0 Å². The van der Waals surface area contributed by atoms with Gasteiger partial charge in [0.25, 0.3) is 0 Å². The molecule has 1 aromatic heterocycles. The minimum atomic E-state index is -5.00. The Morgan fingerprint density at radius 1 is 1.13 bits per heavy atom. The van der Waals surface area contributed by atoms with Crippen LogP contribution in [0.1, 0.15) is 11.3 Å². The summed E-state index contributed by atoms with van der Waals surface area (Å²) < 4.78 is 81.6. The van der Waals surface area contributed by atoms with Crippen molar-refractivity contribution in [2.45, 2.75) is 12.4 Å². The van der Waals surface area contributed by atoms with E-state index in [1.807, 2.05) is 4.98 Å². The number of H-pyrrole nitrogens is 1. The number of rotatable bonds is 2. The standard InChI is InChI=1S/C14H9F6NO2/c1-23-12(22)8(6-13(15,16)17)10-7-4-2-3-5-9(7)21-11(10)14(18,19)20/h2-6,21H,1H3/b8-6-. The summed E-state index contributed by atoms with van der Waals surface area (Å²) in [6.07, 6.45) is -10.5. The van der Waals surface area contributed by atoms with Gasteiger partial charge in [-0.1, -0.05) is 18.2 Å². The molecule has 2 aromatic rings. The number of hydrogen-bond acceptors (Lipinski definition) is 2. The van der Waals surface area contributed by atoms with Gasteiger partial charge in [0.2, 0.25) is 0 Å². The predicted octanol–water partition coefficient (Wildman–Crippen LogP) is 4.31. The molecule has 124 valence electrons. The van der Waals surface area contributed by atoms with Gasteiger partial charge in [0.15, 0.2) is 0 Å². The van der Waals surface area contributed by atoms with E-state index < -0.39 is 41.2 Å². The summed E-state index contributed by atoms with van der Waals surface area (Å²) in [7, 11) is 0.786. The van der Waals surface area contributed by atoms with Crippen molar-refractivity contribution in [2.75, 3.05) is 7.11 Å². The molecule has 3 nitrogen and oxygen atoms in total. The number of hydrogen-bond donors (Lipinski definition) is 1. The zero-order valence-corrected chi connectivity index (χ0v) is 11.5. The lowest BCUT2D eigenvalue weighted by atomic mass is 10.0. The number of aromatic nitrogens is 1. The van der Waals surface area contributed by atoms with Crippen LogP contribution in [0, 0.1) is 0 Å². The number of fused-ring (bicyclic) bond motifs is 1. The van der Waals surface area contributed by atoms with Crippen molar-refractivity contribution in [3.63, 3.8) is 0 Å². The van der Waals surface area contributed by atoms with E-state index in [9.17, 15) is 31.1 Å². The molecule has 0 aliphatic heterocycles. The summed E-state index contributed by atoms with van der Waals surface area (Å²) in [6, 6.07) is 5.20. The number of carbonyl (C=O) groups is 1. The molecular formula is C14H9F6NO2. The molecular weight excluding hydrogens is 328 g/mol. The van der Waals surface area contributed by atoms with Crippen molar-refractivity contribution < 1.29 is 35.9 Å². The maximum absolute atomic E-state index is 13.2. The highest BCUT2D eigenvalue weighted by Gasteiger charge is 2.40. The average molecular weight is 337 g/mol. The molecule has 1 N–H and O–H groups in total. The lowest BCUT2D eigenvalue weighted by molar-refractivity contribution is -0.141. The fourth-order valence-corrected chi connectivity index (χ4v) is 2.14. The third kappa shape index (κ3) is 3.49. The molecule has 0 aliphatic carbocycles. The first-order valence-electron chi connectivity index (χ1n) is 6.11. The van der Waals surface area contributed by atoms with Crippen molar-refractivity contribution in [3.8, 4) is 0 Å². The lowest BCUT2D eigenvalue weighted by Crippen LogP contribution is -2.15. The van der Waals surface area contributed by atoms with E-state index in [0.29, 0.717) is 0 Å². The van der Waals surface area contributed by atoms with Gasteiger partial charge in [-0.05, 0) is 6.07 Å². The number of benzene rings is 1. The maximum atomic E-state index is 13.2. The van der Waals surface area contributed by atoms with Crippen molar-refractivity contribution >= 4 is 22.4 Å². The first-order valence-corrected chi connectivity index (χ1v) is 6.11. The lowest BCUT2D eigenvalue weighted by Gasteiger charge is -2.11. The number of nitrogens with one attached hydrogen (secondary N) is 1. The molecule has 0 saturated carbocycles. The Labute approximate surface area is 125 Å². The van der Waals surface area contributed by atoms with Gasteiger partial charge in [-0.15, -0.1) is 0 Å². The second-order valence-electron chi connectivity index (χ2n) is 4.51. The number of halogens is 6. The van der Waals surface area contributed by atoms with Crippen LogP contribution in [-0.2, 0) is 15.7 Å². The molecule has 2 rings (SSSR count). The highest BCUT2D eigenvalue weighted by molar-refractivity contribution is 6.21. The third-order valence-electron chi connectivity index (χ3n) is 2.97. The Morgan fingerprint density at radius 3 is 2.26 bits per heavy atom. The molecule has 0 amide bonds. The number of alkyl halides is 6. The van der Waals surface area contributed by atoms with Gasteiger partial charge in [0.05, 0.1) is 12.7 Å². The molecule has 1 aromatic carbocycles. The Morgan fingerprint density at radius 2 is 1.74 bits per heavy atom. The van der Waals surface area contributed by atoms with Crippen molar-refractivity contribution in [3.05, 3.63) is 41.6 Å². The molecule has 1 heterocycles. The minimum absolute atomic E-state index is 0.0493. The number of aromatic amines is 1. The van der Waals surface area contributed by atoms with Crippen LogP contribution in [0.5, 0.6) is 0 Å². The van der Waals surface area contributed by atoms with E-state index in [1.165, 1.54) is 24.3 Å². The molecule has 0 bridgehead atoms. The smallest absolute Gasteiger partial charge is 0.431 e. The van der Waals surface area contributed by atoms with E-state index in [0.717, 1.165) is 7.11 Å². The molecule has 0 unspecified atom stereocenters. The van der Waals surface area contributed by atoms with Gasteiger partial charge in [0.1, 0.15) is 5.69 Å². The molecule has 0 atom stereocenters. The second kappa shape index (κ2) is 5.64. The van der Waals surface area contributed by atoms with Crippen LogP contribution < -0.4 is 0 Å². The minimum Gasteiger partial charge on any atom is -0.465 e. The molecule has 0 aliphatic rings. The highest BCUT2D eigenvalue weighted by Crippen LogP contribution is 2.40. The number of allylic oxidation sites excluding steroid dienone is 1. The number of esters is 1. The zero-order valence-electron chi connectivity index (χ0n) is 11.5. The molecule has 0 spiro atoms. The normalized spacial score (nSPS) is 13.4. The SMILES string of the molecule is COC(=O)/C(=C\C(F)(F)F)c1c(C(F)(F)F)[nH]c2ccccc12. The fraction of sp³-hybridized carbons (Fsp3) is 0.214. The Balaban J connectivity index is 2.87. The quantitative estimate of drug-likeness (QED) is 0.504. The monoisotopic (exact) mass is 337 g/mol. The van der Waals surface area contributed by atoms with Crippen LogP contribution in [-0.4, -0.2) is 24.2 Å². The third-order valence-corrected chi connectivity index (χ3v) is 2.97. The van der Waals surface area contributed by atoms with Gasteiger partial charge >= 0.3 is 18.3 Å². The van der Waals surface area contributed by atoms with E-state index >= 15 is 0 Å². The zero-order chi connectivity index (χ0) is 17.4. The topological polar surface area (TPSA) is 42.1 Å². The largest absolute Gasteiger partial charge is 0.465 e. The van der Waals surface area contributed by atoms with Crippen LogP contribution in [0.3, 0.4) is 0 Å². The molecule has 0 saturated heterocycles. The predicted molar refractivity (Wildman–Crippen MR) is 69.3 cm³/mol. The molecule has 23 heavy (non-hydrogen) atoms. The first kappa shape index (κ1) is 16.9. The summed E-state index contributed by atoms with van der Waals surface area (Å²) in [4.78, 5) is 13.6. The fourth-order valence-electron chi connectivity index (χ4n) is 2.14. The van der Waals surface area contributed by atoms with E-state index in [2.05, 4.69) is 4.74 Å². The second-order valence-corrected chi connectivity index (χ2v) is 4.51. The average Bonchev–Trinajstić information content (AvgIpc) is 2.82. The van der Waals surface area contributed by atoms with Gasteiger partial charge in [-0.3, -0.25) is 0 Å². The van der Waals surface area contributed by atoms with Crippen LogP contribution >= 0.6 is 0 Å². The van der Waals surface area contributed by atoms with Crippen LogP contribution in [0.2, 0.25) is 0 Å². The molecule has 0 fully saturated rings. The Kier molecular flexibility index (Phi) is 4.14. The van der Waals surface area contributed by atoms with Crippen LogP contribution in [0.4, 0.5) is 26.3 Å². The van der Waals surface area contributed by atoms with Gasteiger partial charge in [0, 0.05) is 22.5 Å². The van der Waals surface area contributed by atoms with Gasteiger partial charge in [-0.2, -0.15) is 26.3 Å². The number of methoxy groups -OCH3 is 1. The maximum Gasteiger partial charge on any atom is 0.431 e. The van der Waals surface area contributed by atoms with Crippen molar-refractivity contribution in [1.82, 2.24) is 4.98 Å². The summed E-state index contributed by atoms with van der Waals surface area (Å²) in [6.45, 7) is 0. The van der Waals surface area contributed by atoms with Crippen LogP contribution in [0.15, 0.2) is 30.3 Å². The Bertz CT molecular complexity index is 770. The van der Waals surface area contributed by atoms with E-state index in [1.54, 1.807) is 0 Å². The summed E-state index contributed by atoms with van der Waals surface area (Å²) in [5.41, 5.74) is -3.60. The summed E-state index contributed by atoms with van der Waals surface area (Å²) in [5.74, 6) is -1.52. The van der Waals surface area contributed by atoms with Crippen LogP contribution in [0.25, 0.3) is 16.5 Å². The molecule has 0 radical (unpaired) electrons. The highest BCUT2D eigenvalue weighted by atomic mass is 19.4. The first-order chi connectivity index (χ1) is 10.5. The number of carbonyl (C=O) groups excluding carboxylic acids is 1. The molecule has 9 heteroatoms. The van der Waals surface area contributed by atoms with E-state index in [-0.39, 0.29) is 10.9 Å². The van der Waals surface area contributed by atoms with Gasteiger partial charge < -0.3 is 9.72 Å². The van der Waals surface area contributed by atoms with Crippen molar-refractivity contribution in [2.24, 2.45) is 0 Å². The summed E-state index contributed by atoms with van der Waals surface area (Å²) >= 11 is 0. The van der Waals surface area contributed by atoms with Gasteiger partial charge in [-0.25, -0.2) is 4.79 Å². The Hall–Kier alpha value is -2.45.